The SMILES string of the molecule is CC(C)CC(NC(=O)C1NC(c2cccnc2)C([N+](=O)[O-])C1c1ccccc1)OBOC(CC(C)C)NC(=O)C1NC(c2cccnc2)C([N+](=O)[O-])C1c1ccccc1. The van der Waals surface area contributed by atoms with Crippen LogP contribution in [0.15, 0.2) is 110 Å². The van der Waals surface area contributed by atoms with Crippen LogP contribution in [0, 0.1) is 32.1 Å². The normalized spacial score (nSPS) is 25.0. The zero-order chi connectivity index (χ0) is 42.1. The minimum Gasteiger partial charge on any atom is -0.393 e. The molecule has 4 heterocycles. The van der Waals surface area contributed by atoms with E-state index in [1.54, 1.807) is 97.6 Å². The number of rotatable bonds is 18. The molecule has 0 radical (unpaired) electrons. The zero-order valence-corrected chi connectivity index (χ0v) is 33.5. The third-order valence-electron chi connectivity index (χ3n) is 10.9. The van der Waals surface area contributed by atoms with Gasteiger partial charge in [0, 0.05) is 34.6 Å². The van der Waals surface area contributed by atoms with E-state index < -0.39 is 72.4 Å². The van der Waals surface area contributed by atoms with Gasteiger partial charge in [0.05, 0.1) is 11.8 Å². The first-order valence-electron chi connectivity index (χ1n) is 20.0. The van der Waals surface area contributed by atoms with Gasteiger partial charge in [-0.05, 0) is 59.1 Å². The van der Waals surface area contributed by atoms with Gasteiger partial charge in [0.2, 0.25) is 23.9 Å². The van der Waals surface area contributed by atoms with E-state index in [1.165, 1.54) is 0 Å². The standard InChI is InChI=1S/C42H51BN8O8/c1-25(2)21-31(46-41(52)37-33(27-13-7-5-8-14-27)39(50(54)55)35(48-37)29-17-11-19-44-23-29)58-43-59-32(22-26(3)4)47-42(53)38-34(28-15-9-6-10-16-28)40(51(56)57)36(49-38)30-18-12-20-45-24-30/h5-20,23-26,31-40,43,48-49H,21-22H2,1-4H3,(H,46,52)(H,47,53). The molecule has 0 aliphatic carbocycles. The van der Waals surface area contributed by atoms with Gasteiger partial charge in [0.25, 0.3) is 0 Å². The molecule has 2 aromatic heterocycles. The van der Waals surface area contributed by atoms with Gasteiger partial charge in [-0.25, -0.2) is 0 Å². The number of pyridine rings is 2. The van der Waals surface area contributed by atoms with Crippen molar-refractivity contribution >= 4 is 19.5 Å². The number of nitrogens with zero attached hydrogens (tertiary/aromatic N) is 4. The Kier molecular flexibility index (Phi) is 14.5. The van der Waals surface area contributed by atoms with Crippen LogP contribution in [-0.4, -0.2) is 75.9 Å². The molecule has 2 aromatic carbocycles. The average Bonchev–Trinajstić information content (AvgIpc) is 3.83. The van der Waals surface area contributed by atoms with Crippen molar-refractivity contribution in [1.82, 2.24) is 31.2 Å². The van der Waals surface area contributed by atoms with E-state index in [0.717, 1.165) is 0 Å². The Bertz CT molecular complexity index is 1860. The van der Waals surface area contributed by atoms with Crippen molar-refractivity contribution in [3.63, 3.8) is 0 Å². The molecular weight excluding hydrogens is 755 g/mol. The van der Waals surface area contributed by atoms with E-state index in [9.17, 15) is 29.8 Å². The van der Waals surface area contributed by atoms with Gasteiger partial charge in [0.1, 0.15) is 36.6 Å². The van der Waals surface area contributed by atoms with Gasteiger partial charge in [-0.2, -0.15) is 0 Å². The van der Waals surface area contributed by atoms with Crippen molar-refractivity contribution in [2.75, 3.05) is 0 Å². The zero-order valence-electron chi connectivity index (χ0n) is 33.5. The number of hydrogen-bond donors (Lipinski definition) is 4. The summed E-state index contributed by atoms with van der Waals surface area (Å²) in [5.74, 6) is -2.42. The lowest BCUT2D eigenvalue weighted by Gasteiger charge is -2.28. The second kappa shape index (κ2) is 19.9. The second-order valence-electron chi connectivity index (χ2n) is 15.9. The Hall–Kier alpha value is -5.62. The van der Waals surface area contributed by atoms with Gasteiger partial charge >= 0.3 is 7.69 Å². The lowest BCUT2D eigenvalue weighted by Crippen LogP contribution is -2.51. The van der Waals surface area contributed by atoms with Crippen LogP contribution in [0.3, 0.4) is 0 Å². The minimum atomic E-state index is -1.17. The monoisotopic (exact) mass is 806 g/mol. The van der Waals surface area contributed by atoms with Crippen LogP contribution in [0.5, 0.6) is 0 Å². The highest BCUT2D eigenvalue weighted by molar-refractivity contribution is 6.18. The Morgan fingerprint density at radius 2 is 1.02 bits per heavy atom. The van der Waals surface area contributed by atoms with Crippen LogP contribution in [-0.2, 0) is 18.9 Å². The number of nitro groups is 2. The first kappa shape index (κ1) is 43.0. The van der Waals surface area contributed by atoms with E-state index in [2.05, 4.69) is 31.2 Å². The Labute approximate surface area is 343 Å². The molecule has 10 atom stereocenters. The Morgan fingerprint density at radius 3 is 1.34 bits per heavy atom. The number of nitrogens with one attached hydrogen (secondary N) is 4. The summed E-state index contributed by atoms with van der Waals surface area (Å²) in [7, 11) is -0.318. The topological polar surface area (TPSA) is 213 Å². The molecule has 310 valence electrons. The summed E-state index contributed by atoms with van der Waals surface area (Å²) in [6.45, 7) is 7.90. The van der Waals surface area contributed by atoms with Crippen molar-refractivity contribution in [2.24, 2.45) is 11.8 Å². The van der Waals surface area contributed by atoms with Crippen molar-refractivity contribution in [1.29, 1.82) is 0 Å². The highest BCUT2D eigenvalue weighted by atomic mass is 16.6. The minimum absolute atomic E-state index is 0.0771. The van der Waals surface area contributed by atoms with E-state index in [1.807, 2.05) is 39.8 Å². The largest absolute Gasteiger partial charge is 0.441 e. The van der Waals surface area contributed by atoms with Gasteiger partial charge in [0.15, 0.2) is 0 Å². The van der Waals surface area contributed by atoms with Gasteiger partial charge in [-0.3, -0.25) is 50.4 Å². The first-order chi connectivity index (χ1) is 28.4. The number of carbonyl (C=O) groups is 2. The van der Waals surface area contributed by atoms with Crippen LogP contribution in [0.2, 0.25) is 0 Å². The smallest absolute Gasteiger partial charge is 0.393 e. The predicted octanol–water partition coefficient (Wildman–Crippen LogP) is 4.34. The maximum absolute atomic E-state index is 14.2. The lowest BCUT2D eigenvalue weighted by atomic mass is 9.85. The molecule has 17 heteroatoms. The fourth-order valence-corrected chi connectivity index (χ4v) is 8.31. The van der Waals surface area contributed by atoms with Gasteiger partial charge in [-0.1, -0.05) is 100 Å². The number of carbonyl (C=O) groups excluding carboxylic acids is 2. The molecule has 2 aliphatic rings. The Morgan fingerprint density at radius 1 is 0.644 bits per heavy atom. The molecular formula is C42H51BN8O8. The maximum atomic E-state index is 14.2. The average molecular weight is 807 g/mol. The number of hydrogen-bond acceptors (Lipinski definition) is 12. The third kappa shape index (κ3) is 10.5. The van der Waals surface area contributed by atoms with Crippen LogP contribution in [0.25, 0.3) is 0 Å². The third-order valence-corrected chi connectivity index (χ3v) is 10.9. The number of benzene rings is 2. The van der Waals surface area contributed by atoms with Crippen molar-refractivity contribution < 1.29 is 28.7 Å². The molecule has 10 unspecified atom stereocenters. The molecule has 4 aromatic rings. The van der Waals surface area contributed by atoms with Gasteiger partial charge in [-0.15, -0.1) is 0 Å². The van der Waals surface area contributed by atoms with E-state index >= 15 is 0 Å². The molecule has 2 saturated heterocycles. The highest BCUT2D eigenvalue weighted by Crippen LogP contribution is 2.41. The first-order valence-corrected chi connectivity index (χ1v) is 20.0. The maximum Gasteiger partial charge on any atom is 0.441 e. The molecule has 0 bridgehead atoms. The van der Waals surface area contributed by atoms with E-state index in [0.29, 0.717) is 35.1 Å². The summed E-state index contributed by atoms with van der Waals surface area (Å²) in [6.07, 6.45) is 5.40. The van der Waals surface area contributed by atoms with Crippen LogP contribution < -0.4 is 21.3 Å². The molecule has 4 N–H and O–H groups in total. The summed E-state index contributed by atoms with van der Waals surface area (Å²) >= 11 is 0. The lowest BCUT2D eigenvalue weighted by molar-refractivity contribution is -0.527. The Balaban J connectivity index is 1.18. The molecule has 2 aliphatic heterocycles. The predicted molar refractivity (Wildman–Crippen MR) is 220 cm³/mol. The summed E-state index contributed by atoms with van der Waals surface area (Å²) in [4.78, 5) is 61.4. The molecule has 0 spiro atoms. The fraction of sp³-hybridized carbons (Fsp3) is 0.429. The quantitative estimate of drug-likeness (QED) is 0.0479. The summed E-state index contributed by atoms with van der Waals surface area (Å²) in [6, 6.07) is 19.0. The van der Waals surface area contributed by atoms with E-state index in [-0.39, 0.29) is 29.4 Å². The summed E-state index contributed by atoms with van der Waals surface area (Å²) in [5, 5.41) is 37.8. The van der Waals surface area contributed by atoms with Crippen molar-refractivity contribution in [2.45, 2.75) is 101 Å². The molecule has 2 amide bonds. The highest BCUT2D eigenvalue weighted by Gasteiger charge is 2.56. The van der Waals surface area contributed by atoms with Crippen molar-refractivity contribution in [3.8, 4) is 0 Å². The van der Waals surface area contributed by atoms with Crippen LogP contribution in [0.4, 0.5) is 0 Å². The van der Waals surface area contributed by atoms with Crippen molar-refractivity contribution in [3.05, 3.63) is 152 Å². The summed E-state index contributed by atoms with van der Waals surface area (Å²) in [5.41, 5.74) is 2.48. The van der Waals surface area contributed by atoms with Gasteiger partial charge < -0.3 is 19.9 Å². The molecule has 16 nitrogen and oxygen atoms in total. The number of aromatic nitrogens is 2. The fourth-order valence-electron chi connectivity index (χ4n) is 8.31. The van der Waals surface area contributed by atoms with E-state index in [4.69, 9.17) is 9.31 Å². The van der Waals surface area contributed by atoms with Crippen LogP contribution in [0.1, 0.15) is 86.7 Å². The summed E-state index contributed by atoms with van der Waals surface area (Å²) < 4.78 is 12.3. The number of amides is 2. The molecule has 59 heavy (non-hydrogen) atoms. The molecule has 2 fully saturated rings. The molecule has 6 rings (SSSR count). The second-order valence-corrected chi connectivity index (χ2v) is 15.9. The molecule has 0 saturated carbocycles. The van der Waals surface area contributed by atoms with Crippen LogP contribution >= 0.6 is 0 Å².